The summed E-state index contributed by atoms with van der Waals surface area (Å²) < 4.78 is 0.747. The summed E-state index contributed by atoms with van der Waals surface area (Å²) in [5.74, 6) is -1.59. The predicted molar refractivity (Wildman–Crippen MR) is 67.1 cm³/mol. The van der Waals surface area contributed by atoms with Crippen LogP contribution in [0.1, 0.15) is 23.8 Å². The fourth-order valence-corrected chi connectivity index (χ4v) is 1.49. The van der Waals surface area contributed by atoms with Gasteiger partial charge in [0.05, 0.1) is 12.0 Å². The summed E-state index contributed by atoms with van der Waals surface area (Å²) in [6.45, 7) is 1.19. The van der Waals surface area contributed by atoms with Gasteiger partial charge < -0.3 is 15.5 Å². The average Bonchev–Trinajstić information content (AvgIpc) is 2.25. The maximum absolute atomic E-state index is 11.6. The van der Waals surface area contributed by atoms with E-state index in [1.165, 1.54) is 19.2 Å². The number of carbonyl (C=O) groups is 2. The number of aliphatic hydroxyl groups is 1. The van der Waals surface area contributed by atoms with Crippen molar-refractivity contribution in [2.24, 2.45) is 0 Å². The van der Waals surface area contributed by atoms with Gasteiger partial charge in [-0.2, -0.15) is 0 Å². The van der Waals surface area contributed by atoms with Gasteiger partial charge in [-0.1, -0.05) is 0 Å². The van der Waals surface area contributed by atoms with Crippen LogP contribution in [0.25, 0.3) is 0 Å². The molecule has 18 heavy (non-hydrogen) atoms. The molecule has 1 unspecified atom stereocenters. The Morgan fingerprint density at radius 1 is 1.50 bits per heavy atom. The third-order valence-corrected chi connectivity index (χ3v) is 2.59. The molecule has 98 valence electrons. The van der Waals surface area contributed by atoms with E-state index in [0.717, 1.165) is 4.47 Å². The number of aliphatic carboxylic acids is 1. The van der Waals surface area contributed by atoms with Crippen LogP contribution in [0.3, 0.4) is 0 Å². The Labute approximate surface area is 112 Å². The molecule has 0 saturated carbocycles. The summed E-state index contributed by atoms with van der Waals surface area (Å²) in [7, 11) is 0. The van der Waals surface area contributed by atoms with Crippen LogP contribution in [-0.4, -0.2) is 39.2 Å². The standard InChI is InChI=1S/C11H13BrN2O4/c1-11(18,4-9(15)16)6-14-10(17)8-3-2-7(12)5-13-8/h2-3,5,18H,4,6H2,1H3,(H,14,17)(H,15,16). The molecule has 1 amide bonds. The third-order valence-electron chi connectivity index (χ3n) is 2.12. The summed E-state index contributed by atoms with van der Waals surface area (Å²) in [4.78, 5) is 26.0. The van der Waals surface area contributed by atoms with Gasteiger partial charge in [-0.15, -0.1) is 0 Å². The monoisotopic (exact) mass is 316 g/mol. The highest BCUT2D eigenvalue weighted by molar-refractivity contribution is 9.10. The number of amides is 1. The molecule has 3 N–H and O–H groups in total. The molecular weight excluding hydrogens is 304 g/mol. The van der Waals surface area contributed by atoms with E-state index >= 15 is 0 Å². The van der Waals surface area contributed by atoms with Crippen molar-refractivity contribution in [3.05, 3.63) is 28.5 Å². The maximum atomic E-state index is 11.6. The van der Waals surface area contributed by atoms with E-state index in [9.17, 15) is 14.7 Å². The topological polar surface area (TPSA) is 99.5 Å². The molecule has 6 nitrogen and oxygen atoms in total. The molecule has 0 aliphatic rings. The number of hydrogen-bond acceptors (Lipinski definition) is 4. The van der Waals surface area contributed by atoms with E-state index in [1.54, 1.807) is 6.07 Å². The van der Waals surface area contributed by atoms with Crippen molar-refractivity contribution in [1.82, 2.24) is 10.3 Å². The number of nitrogens with zero attached hydrogens (tertiary/aromatic N) is 1. The number of halogens is 1. The first-order chi connectivity index (χ1) is 8.30. The quantitative estimate of drug-likeness (QED) is 0.746. The normalized spacial score (nSPS) is 13.7. The minimum Gasteiger partial charge on any atom is -0.481 e. The molecular formula is C11H13BrN2O4. The molecule has 0 spiro atoms. The Kier molecular flexibility index (Phi) is 4.80. The van der Waals surface area contributed by atoms with Gasteiger partial charge in [-0.05, 0) is 35.0 Å². The second-order valence-electron chi connectivity index (χ2n) is 4.11. The lowest BCUT2D eigenvalue weighted by atomic mass is 10.0. The molecule has 1 aromatic rings. The van der Waals surface area contributed by atoms with E-state index in [-0.39, 0.29) is 12.2 Å². The van der Waals surface area contributed by atoms with Gasteiger partial charge in [-0.25, -0.2) is 4.98 Å². The first-order valence-corrected chi connectivity index (χ1v) is 5.93. The van der Waals surface area contributed by atoms with E-state index in [4.69, 9.17) is 5.11 Å². The van der Waals surface area contributed by atoms with Gasteiger partial charge >= 0.3 is 5.97 Å². The second-order valence-corrected chi connectivity index (χ2v) is 5.03. The SMILES string of the molecule is CC(O)(CNC(=O)c1ccc(Br)cn1)CC(=O)O. The van der Waals surface area contributed by atoms with Crippen molar-refractivity contribution in [2.45, 2.75) is 18.9 Å². The molecule has 0 saturated heterocycles. The van der Waals surface area contributed by atoms with Crippen molar-refractivity contribution >= 4 is 27.8 Å². The number of pyridine rings is 1. The van der Waals surface area contributed by atoms with Crippen LogP contribution in [-0.2, 0) is 4.79 Å². The lowest BCUT2D eigenvalue weighted by Crippen LogP contribution is -2.42. The fourth-order valence-electron chi connectivity index (χ4n) is 1.26. The number of aromatic nitrogens is 1. The zero-order chi connectivity index (χ0) is 13.8. The molecule has 1 atom stereocenters. The number of carboxylic acid groups (broad SMARTS) is 1. The lowest BCUT2D eigenvalue weighted by molar-refractivity contribution is -0.141. The summed E-state index contributed by atoms with van der Waals surface area (Å²) >= 11 is 3.19. The molecule has 0 aliphatic heterocycles. The van der Waals surface area contributed by atoms with Crippen LogP contribution in [0.4, 0.5) is 0 Å². The second kappa shape index (κ2) is 5.92. The zero-order valence-electron chi connectivity index (χ0n) is 9.68. The Balaban J connectivity index is 2.55. The molecule has 1 rings (SSSR count). The Morgan fingerprint density at radius 2 is 2.17 bits per heavy atom. The van der Waals surface area contributed by atoms with Gasteiger partial charge in [0.2, 0.25) is 0 Å². The van der Waals surface area contributed by atoms with Crippen molar-refractivity contribution in [3.63, 3.8) is 0 Å². The van der Waals surface area contributed by atoms with Crippen LogP contribution in [0.15, 0.2) is 22.8 Å². The number of carboxylic acids is 1. The van der Waals surface area contributed by atoms with Crippen molar-refractivity contribution in [1.29, 1.82) is 0 Å². The third kappa shape index (κ3) is 4.80. The first kappa shape index (κ1) is 14.6. The van der Waals surface area contributed by atoms with Gasteiger partial charge in [0.15, 0.2) is 0 Å². The van der Waals surface area contributed by atoms with Crippen LogP contribution in [0.5, 0.6) is 0 Å². The average molecular weight is 317 g/mol. The highest BCUT2D eigenvalue weighted by Gasteiger charge is 2.25. The minimum absolute atomic E-state index is 0.157. The zero-order valence-corrected chi connectivity index (χ0v) is 11.3. The molecule has 1 aromatic heterocycles. The smallest absolute Gasteiger partial charge is 0.306 e. The van der Waals surface area contributed by atoms with E-state index in [1.807, 2.05) is 0 Å². The van der Waals surface area contributed by atoms with E-state index < -0.39 is 23.9 Å². The Hall–Kier alpha value is -1.47. The molecule has 7 heteroatoms. The summed E-state index contributed by atoms with van der Waals surface area (Å²) in [5, 5.41) is 20.7. The van der Waals surface area contributed by atoms with Crippen molar-refractivity contribution in [3.8, 4) is 0 Å². The van der Waals surface area contributed by atoms with Gasteiger partial charge in [0.1, 0.15) is 5.69 Å². The van der Waals surface area contributed by atoms with Gasteiger partial charge in [0.25, 0.3) is 5.91 Å². The van der Waals surface area contributed by atoms with Gasteiger partial charge in [-0.3, -0.25) is 9.59 Å². The van der Waals surface area contributed by atoms with E-state index in [2.05, 4.69) is 26.2 Å². The predicted octanol–water partition coefficient (Wildman–Crippen LogP) is 0.800. The number of nitrogens with one attached hydrogen (secondary N) is 1. The summed E-state index contributed by atoms with van der Waals surface area (Å²) in [6, 6.07) is 3.18. The maximum Gasteiger partial charge on any atom is 0.306 e. The summed E-state index contributed by atoms with van der Waals surface area (Å²) in [5.41, 5.74) is -1.29. The van der Waals surface area contributed by atoms with Crippen LogP contribution >= 0.6 is 15.9 Å². The first-order valence-electron chi connectivity index (χ1n) is 5.14. The Bertz CT molecular complexity index is 445. The minimum atomic E-state index is -1.49. The highest BCUT2D eigenvalue weighted by atomic mass is 79.9. The fraction of sp³-hybridized carbons (Fsp3) is 0.364. The molecule has 0 radical (unpaired) electrons. The largest absolute Gasteiger partial charge is 0.481 e. The number of carbonyl (C=O) groups excluding carboxylic acids is 1. The van der Waals surface area contributed by atoms with Gasteiger partial charge in [0, 0.05) is 17.2 Å². The molecule has 0 fully saturated rings. The highest BCUT2D eigenvalue weighted by Crippen LogP contribution is 2.09. The molecule has 0 bridgehead atoms. The van der Waals surface area contributed by atoms with Crippen LogP contribution in [0.2, 0.25) is 0 Å². The lowest BCUT2D eigenvalue weighted by Gasteiger charge is -2.21. The summed E-state index contributed by atoms with van der Waals surface area (Å²) in [6.07, 6.45) is 1.03. The Morgan fingerprint density at radius 3 is 2.67 bits per heavy atom. The van der Waals surface area contributed by atoms with Crippen molar-refractivity contribution in [2.75, 3.05) is 6.54 Å². The molecule has 0 aromatic carbocycles. The molecule has 1 heterocycles. The van der Waals surface area contributed by atoms with E-state index in [0.29, 0.717) is 0 Å². The number of hydrogen-bond donors (Lipinski definition) is 3. The molecule has 0 aliphatic carbocycles. The van der Waals surface area contributed by atoms with Crippen LogP contribution in [0, 0.1) is 0 Å². The van der Waals surface area contributed by atoms with Crippen molar-refractivity contribution < 1.29 is 19.8 Å². The van der Waals surface area contributed by atoms with Crippen LogP contribution < -0.4 is 5.32 Å². The number of rotatable bonds is 5.